The first-order valence-electron chi connectivity index (χ1n) is 8.21. The second kappa shape index (κ2) is 7.60. The van der Waals surface area contributed by atoms with Gasteiger partial charge < -0.3 is 10.6 Å². The van der Waals surface area contributed by atoms with Crippen LogP contribution in [0.1, 0.15) is 69.5 Å². The van der Waals surface area contributed by atoms with Crippen molar-refractivity contribution in [1.82, 2.24) is 10.6 Å². The van der Waals surface area contributed by atoms with Crippen molar-refractivity contribution in [2.75, 3.05) is 6.54 Å². The second-order valence-corrected chi connectivity index (χ2v) is 6.41. The number of benzene rings is 1. The lowest BCUT2D eigenvalue weighted by Gasteiger charge is -2.20. The monoisotopic (exact) mass is 288 g/mol. The first-order valence-corrected chi connectivity index (χ1v) is 8.21. The van der Waals surface area contributed by atoms with E-state index in [0.717, 1.165) is 19.4 Å². The number of amides is 1. The van der Waals surface area contributed by atoms with E-state index in [1.54, 1.807) is 0 Å². The first-order chi connectivity index (χ1) is 10.1. The highest BCUT2D eigenvalue weighted by Gasteiger charge is 2.21. The molecule has 0 spiro atoms. The highest BCUT2D eigenvalue weighted by atomic mass is 16.2. The van der Waals surface area contributed by atoms with Gasteiger partial charge in [-0.25, -0.2) is 0 Å². The number of nitrogens with one attached hydrogen (secondary N) is 2. The van der Waals surface area contributed by atoms with Gasteiger partial charge in [-0.2, -0.15) is 0 Å². The van der Waals surface area contributed by atoms with Gasteiger partial charge in [-0.3, -0.25) is 4.79 Å². The molecule has 1 amide bonds. The van der Waals surface area contributed by atoms with Crippen molar-refractivity contribution in [3.8, 4) is 0 Å². The van der Waals surface area contributed by atoms with Gasteiger partial charge in [-0.15, -0.1) is 0 Å². The average molecular weight is 288 g/mol. The second-order valence-electron chi connectivity index (χ2n) is 6.41. The summed E-state index contributed by atoms with van der Waals surface area (Å²) in [5.74, 6) is 0.677. The summed E-state index contributed by atoms with van der Waals surface area (Å²) in [5, 5.41) is 6.49. The Balaban J connectivity index is 1.93. The van der Waals surface area contributed by atoms with E-state index in [2.05, 4.69) is 55.7 Å². The number of hydrogen-bond donors (Lipinski definition) is 2. The smallest absolute Gasteiger partial charge is 0.237 e. The summed E-state index contributed by atoms with van der Waals surface area (Å²) in [5.41, 5.74) is 2.50. The van der Waals surface area contributed by atoms with Gasteiger partial charge in [-0.05, 0) is 43.4 Å². The Hall–Kier alpha value is -1.35. The zero-order valence-electron chi connectivity index (χ0n) is 13.5. The summed E-state index contributed by atoms with van der Waals surface area (Å²) in [6, 6.07) is 8.61. The summed E-state index contributed by atoms with van der Waals surface area (Å²) in [7, 11) is 0. The van der Waals surface area contributed by atoms with Gasteiger partial charge in [0.05, 0.1) is 12.1 Å². The quantitative estimate of drug-likeness (QED) is 0.890. The standard InChI is InChI=1S/C18H28N2O/c1-13(2)15-8-10-16(11-9-15)14(3)20-18(21)17-7-5-4-6-12-19-17/h8-11,13-14,17,19H,4-7,12H2,1-3H3,(H,20,21). The molecule has 3 heteroatoms. The van der Waals surface area contributed by atoms with Crippen LogP contribution in [0.25, 0.3) is 0 Å². The molecule has 1 aliphatic rings. The first kappa shape index (κ1) is 16.0. The highest BCUT2D eigenvalue weighted by Crippen LogP contribution is 2.19. The Morgan fingerprint density at radius 3 is 2.43 bits per heavy atom. The van der Waals surface area contributed by atoms with Gasteiger partial charge in [0.25, 0.3) is 0 Å². The predicted molar refractivity (Wildman–Crippen MR) is 87.3 cm³/mol. The van der Waals surface area contributed by atoms with E-state index in [0.29, 0.717) is 5.92 Å². The number of carbonyl (C=O) groups excluding carboxylic acids is 1. The Kier molecular flexibility index (Phi) is 5.80. The molecule has 0 radical (unpaired) electrons. The van der Waals surface area contributed by atoms with Crippen LogP contribution in [0.3, 0.4) is 0 Å². The minimum Gasteiger partial charge on any atom is -0.348 e. The van der Waals surface area contributed by atoms with Crippen LogP contribution >= 0.6 is 0 Å². The molecule has 1 aromatic rings. The zero-order chi connectivity index (χ0) is 15.2. The van der Waals surface area contributed by atoms with Crippen LogP contribution in [0.2, 0.25) is 0 Å². The summed E-state index contributed by atoms with van der Waals surface area (Å²) in [6.45, 7) is 7.39. The Morgan fingerprint density at radius 1 is 1.10 bits per heavy atom. The largest absolute Gasteiger partial charge is 0.348 e. The van der Waals surface area contributed by atoms with E-state index in [1.807, 2.05) is 0 Å². The van der Waals surface area contributed by atoms with Crippen molar-refractivity contribution >= 4 is 5.91 Å². The third-order valence-corrected chi connectivity index (χ3v) is 4.34. The van der Waals surface area contributed by atoms with Crippen LogP contribution < -0.4 is 10.6 Å². The fourth-order valence-electron chi connectivity index (χ4n) is 2.82. The molecule has 2 atom stereocenters. The van der Waals surface area contributed by atoms with Gasteiger partial charge in [0, 0.05) is 0 Å². The fraction of sp³-hybridized carbons (Fsp3) is 0.611. The summed E-state index contributed by atoms with van der Waals surface area (Å²) in [4.78, 5) is 12.3. The molecule has 0 bridgehead atoms. The van der Waals surface area contributed by atoms with E-state index >= 15 is 0 Å². The summed E-state index contributed by atoms with van der Waals surface area (Å²) < 4.78 is 0. The zero-order valence-corrected chi connectivity index (χ0v) is 13.5. The van der Waals surface area contributed by atoms with Crippen LogP contribution in [0, 0.1) is 0 Å². The van der Waals surface area contributed by atoms with E-state index < -0.39 is 0 Å². The normalized spacial score (nSPS) is 20.9. The topological polar surface area (TPSA) is 41.1 Å². The van der Waals surface area contributed by atoms with Gasteiger partial charge >= 0.3 is 0 Å². The predicted octanol–water partition coefficient (Wildman–Crippen LogP) is 3.52. The molecule has 0 aromatic heterocycles. The molecule has 0 saturated carbocycles. The lowest BCUT2D eigenvalue weighted by Crippen LogP contribution is -2.44. The number of carbonyl (C=O) groups is 1. The maximum Gasteiger partial charge on any atom is 0.237 e. The molecule has 2 rings (SSSR count). The van der Waals surface area contributed by atoms with Gasteiger partial charge in [0.15, 0.2) is 0 Å². The van der Waals surface area contributed by atoms with E-state index in [-0.39, 0.29) is 18.0 Å². The Morgan fingerprint density at radius 2 is 1.76 bits per heavy atom. The molecule has 1 heterocycles. The minimum atomic E-state index is -0.0233. The van der Waals surface area contributed by atoms with E-state index in [9.17, 15) is 4.79 Å². The molecule has 1 aliphatic heterocycles. The number of hydrogen-bond acceptors (Lipinski definition) is 2. The van der Waals surface area contributed by atoms with Crippen LogP contribution in [-0.2, 0) is 4.79 Å². The lowest BCUT2D eigenvalue weighted by atomic mass is 9.99. The van der Waals surface area contributed by atoms with Crippen LogP contribution in [0.5, 0.6) is 0 Å². The SMILES string of the molecule is CC(C)c1ccc(C(C)NC(=O)C2CCCCCN2)cc1. The Labute approximate surface area is 128 Å². The maximum atomic E-state index is 12.3. The van der Waals surface area contributed by atoms with E-state index in [1.165, 1.54) is 24.0 Å². The summed E-state index contributed by atoms with van der Waals surface area (Å²) >= 11 is 0. The Bertz CT molecular complexity index is 445. The van der Waals surface area contributed by atoms with E-state index in [4.69, 9.17) is 0 Å². The van der Waals surface area contributed by atoms with Crippen molar-refractivity contribution in [3.63, 3.8) is 0 Å². The molecular formula is C18H28N2O. The molecular weight excluding hydrogens is 260 g/mol. The summed E-state index contributed by atoms with van der Waals surface area (Å²) in [6.07, 6.45) is 4.49. The highest BCUT2D eigenvalue weighted by molar-refractivity contribution is 5.82. The van der Waals surface area contributed by atoms with Crippen molar-refractivity contribution in [2.45, 2.75) is 64.5 Å². The molecule has 21 heavy (non-hydrogen) atoms. The molecule has 1 saturated heterocycles. The molecule has 0 aliphatic carbocycles. The molecule has 3 nitrogen and oxygen atoms in total. The van der Waals surface area contributed by atoms with Gasteiger partial charge in [0.2, 0.25) is 5.91 Å². The third kappa shape index (κ3) is 4.57. The molecule has 2 unspecified atom stereocenters. The lowest BCUT2D eigenvalue weighted by molar-refractivity contribution is -0.123. The van der Waals surface area contributed by atoms with Crippen molar-refractivity contribution < 1.29 is 4.79 Å². The van der Waals surface area contributed by atoms with Crippen LogP contribution in [-0.4, -0.2) is 18.5 Å². The van der Waals surface area contributed by atoms with Crippen molar-refractivity contribution in [3.05, 3.63) is 35.4 Å². The molecule has 116 valence electrons. The number of rotatable bonds is 4. The van der Waals surface area contributed by atoms with Crippen LogP contribution in [0.15, 0.2) is 24.3 Å². The fourth-order valence-corrected chi connectivity index (χ4v) is 2.82. The van der Waals surface area contributed by atoms with Crippen molar-refractivity contribution in [2.24, 2.45) is 0 Å². The molecule has 2 N–H and O–H groups in total. The average Bonchev–Trinajstić information content (AvgIpc) is 2.76. The molecule has 1 aromatic carbocycles. The maximum absolute atomic E-state index is 12.3. The van der Waals surface area contributed by atoms with Gasteiger partial charge in [0.1, 0.15) is 0 Å². The van der Waals surface area contributed by atoms with Crippen LogP contribution in [0.4, 0.5) is 0 Å². The molecule has 1 fully saturated rings. The van der Waals surface area contributed by atoms with Gasteiger partial charge in [-0.1, -0.05) is 51.0 Å². The van der Waals surface area contributed by atoms with Crippen molar-refractivity contribution in [1.29, 1.82) is 0 Å². The third-order valence-electron chi connectivity index (χ3n) is 4.34. The minimum absolute atomic E-state index is 0.0233.